The maximum Gasteiger partial charge on any atom is 0.382 e. The van der Waals surface area contributed by atoms with Crippen LogP contribution in [-0.4, -0.2) is 17.6 Å². The summed E-state index contributed by atoms with van der Waals surface area (Å²) in [6, 6.07) is 0. The summed E-state index contributed by atoms with van der Waals surface area (Å²) in [4.78, 5) is 14.1. The van der Waals surface area contributed by atoms with E-state index in [4.69, 9.17) is 4.74 Å². The summed E-state index contributed by atoms with van der Waals surface area (Å²) in [7, 11) is 1.87. The average molecular weight is 169 g/mol. The Labute approximate surface area is 71.2 Å². The number of hydrogen-bond donors (Lipinski definition) is 1. The highest BCUT2D eigenvalue weighted by Gasteiger charge is 2.19. The number of rotatable bonds is 2. The van der Waals surface area contributed by atoms with E-state index < -0.39 is 0 Å². The molecule has 1 aromatic heterocycles. The second-order valence-electron chi connectivity index (χ2n) is 2.57. The van der Waals surface area contributed by atoms with Crippen molar-refractivity contribution in [2.24, 2.45) is 7.05 Å². The first-order chi connectivity index (χ1) is 5.66. The predicted octanol–water partition coefficient (Wildman–Crippen LogP) is 0.324. The lowest BCUT2D eigenvalue weighted by Crippen LogP contribution is -2.28. The maximum absolute atomic E-state index is 11.2. The van der Waals surface area contributed by atoms with Crippen molar-refractivity contribution in [1.29, 1.82) is 0 Å². The van der Waals surface area contributed by atoms with E-state index in [-0.39, 0.29) is 5.97 Å². The third-order valence-corrected chi connectivity index (χ3v) is 1.77. The highest BCUT2D eigenvalue weighted by molar-refractivity contribution is 5.87. The highest BCUT2D eigenvalue weighted by Crippen LogP contribution is 2.00. The second kappa shape index (κ2) is 3.38. The molecule has 1 heterocycles. The summed E-state index contributed by atoms with van der Waals surface area (Å²) in [6.45, 7) is 4.06. The minimum absolute atomic E-state index is 0.296. The summed E-state index contributed by atoms with van der Waals surface area (Å²) in [5.74, 6) is -0.296. The van der Waals surface area contributed by atoms with Crippen molar-refractivity contribution in [3.63, 3.8) is 0 Å². The summed E-state index contributed by atoms with van der Waals surface area (Å²) in [5, 5.41) is 0. The fourth-order valence-corrected chi connectivity index (χ4v) is 0.949. The molecule has 0 saturated carbocycles. The molecule has 66 valence electrons. The van der Waals surface area contributed by atoms with Crippen molar-refractivity contribution in [3.05, 3.63) is 17.7 Å². The molecule has 1 aromatic rings. The first-order valence-corrected chi connectivity index (χ1v) is 3.87. The predicted molar refractivity (Wildman–Crippen MR) is 42.7 cm³/mol. The van der Waals surface area contributed by atoms with Crippen molar-refractivity contribution < 1.29 is 14.1 Å². The van der Waals surface area contributed by atoms with Crippen LogP contribution in [0.3, 0.4) is 0 Å². The molecule has 1 N–H and O–H groups in total. The van der Waals surface area contributed by atoms with Crippen molar-refractivity contribution in [2.75, 3.05) is 6.61 Å². The molecule has 1 rings (SSSR count). The van der Waals surface area contributed by atoms with Gasteiger partial charge in [-0.15, -0.1) is 0 Å². The Bertz CT molecular complexity index is 291. The quantitative estimate of drug-likeness (QED) is 0.512. The number of esters is 1. The van der Waals surface area contributed by atoms with Gasteiger partial charge in [0, 0.05) is 6.92 Å². The van der Waals surface area contributed by atoms with Crippen LogP contribution >= 0.6 is 0 Å². The summed E-state index contributed by atoms with van der Waals surface area (Å²) in [6.07, 6.45) is 1.72. The summed E-state index contributed by atoms with van der Waals surface area (Å²) < 4.78 is 6.68. The fourth-order valence-electron chi connectivity index (χ4n) is 0.949. The van der Waals surface area contributed by atoms with E-state index in [1.807, 2.05) is 18.5 Å². The Morgan fingerprint density at radius 3 is 2.83 bits per heavy atom. The minimum Gasteiger partial charge on any atom is -0.460 e. The molecule has 0 bridgehead atoms. The molecule has 4 nitrogen and oxygen atoms in total. The van der Waals surface area contributed by atoms with E-state index in [9.17, 15) is 4.79 Å². The van der Waals surface area contributed by atoms with E-state index in [1.54, 1.807) is 13.3 Å². The number of nitrogens with one attached hydrogen (secondary N) is 1. The number of hydrogen-bond acceptors (Lipinski definition) is 2. The van der Waals surface area contributed by atoms with Crippen LogP contribution in [0.25, 0.3) is 0 Å². The Balaban J connectivity index is 2.88. The molecule has 0 aliphatic carbocycles. The van der Waals surface area contributed by atoms with E-state index >= 15 is 0 Å². The van der Waals surface area contributed by atoms with E-state index in [2.05, 4.69) is 4.98 Å². The number of aryl methyl sites for hydroxylation is 1. The number of H-pyrrole nitrogens is 1. The lowest BCUT2D eigenvalue weighted by atomic mass is 10.3. The van der Waals surface area contributed by atoms with Crippen LogP contribution in [0.2, 0.25) is 0 Å². The number of aromatic amines is 1. The Morgan fingerprint density at radius 1 is 1.75 bits per heavy atom. The monoisotopic (exact) mass is 169 g/mol. The van der Waals surface area contributed by atoms with Crippen LogP contribution in [0.15, 0.2) is 6.33 Å². The Kier molecular flexibility index (Phi) is 2.47. The largest absolute Gasteiger partial charge is 0.460 e. The van der Waals surface area contributed by atoms with Crippen LogP contribution in [0.5, 0.6) is 0 Å². The zero-order chi connectivity index (χ0) is 9.14. The number of nitrogens with zero attached hydrogens (tertiary/aromatic N) is 1. The molecule has 0 aromatic carbocycles. The zero-order valence-corrected chi connectivity index (χ0v) is 7.55. The lowest BCUT2D eigenvalue weighted by Gasteiger charge is -1.95. The molecule has 0 radical (unpaired) electrons. The van der Waals surface area contributed by atoms with Gasteiger partial charge in [0.25, 0.3) is 5.69 Å². The van der Waals surface area contributed by atoms with Gasteiger partial charge in [0.1, 0.15) is 0 Å². The molecule has 0 aliphatic rings. The second-order valence-corrected chi connectivity index (χ2v) is 2.57. The molecule has 4 heteroatoms. The van der Waals surface area contributed by atoms with Gasteiger partial charge in [-0.3, -0.25) is 0 Å². The number of carbonyl (C=O) groups excluding carboxylic acids is 1. The Hall–Kier alpha value is -1.32. The number of aromatic nitrogens is 2. The molecule has 0 saturated heterocycles. The van der Waals surface area contributed by atoms with Gasteiger partial charge in [-0.05, 0) is 6.92 Å². The van der Waals surface area contributed by atoms with Gasteiger partial charge in [0.05, 0.1) is 13.7 Å². The van der Waals surface area contributed by atoms with Crippen LogP contribution in [0.4, 0.5) is 0 Å². The molecule has 0 fully saturated rings. The average Bonchev–Trinajstić information content (AvgIpc) is 2.34. The van der Waals surface area contributed by atoms with Gasteiger partial charge in [-0.2, -0.15) is 0 Å². The summed E-state index contributed by atoms with van der Waals surface area (Å²) >= 11 is 0. The van der Waals surface area contributed by atoms with Gasteiger partial charge in [-0.1, -0.05) is 0 Å². The van der Waals surface area contributed by atoms with Gasteiger partial charge >= 0.3 is 5.97 Å². The summed E-state index contributed by atoms with van der Waals surface area (Å²) in [5.41, 5.74) is 1.41. The SMILES string of the molecule is CCOC(=O)c1[nH]c[n+](C)c1C. The van der Waals surface area contributed by atoms with Crippen molar-refractivity contribution in [1.82, 2.24) is 4.98 Å². The minimum atomic E-state index is -0.296. The third kappa shape index (κ3) is 1.47. The van der Waals surface area contributed by atoms with Crippen LogP contribution in [0.1, 0.15) is 23.1 Å². The molecule has 0 spiro atoms. The number of imidazole rings is 1. The van der Waals surface area contributed by atoms with Gasteiger partial charge < -0.3 is 4.74 Å². The maximum atomic E-state index is 11.2. The molecule has 0 unspecified atom stereocenters. The molecule has 12 heavy (non-hydrogen) atoms. The standard InChI is InChI=1S/C8H12N2O2/c1-4-12-8(11)7-6(2)10(3)5-9-7/h5H,4H2,1-3H3/p+1. The van der Waals surface area contributed by atoms with E-state index in [1.165, 1.54) is 0 Å². The van der Waals surface area contributed by atoms with E-state index in [0.29, 0.717) is 12.3 Å². The molecule has 0 atom stereocenters. The third-order valence-electron chi connectivity index (χ3n) is 1.77. The number of ether oxygens (including phenoxy) is 1. The van der Waals surface area contributed by atoms with Gasteiger partial charge in [0.2, 0.25) is 6.33 Å². The zero-order valence-electron chi connectivity index (χ0n) is 7.55. The van der Waals surface area contributed by atoms with Gasteiger partial charge in [-0.25, -0.2) is 14.3 Å². The topological polar surface area (TPSA) is 46.0 Å². The first kappa shape index (κ1) is 8.77. The highest BCUT2D eigenvalue weighted by atomic mass is 16.5. The molecular weight excluding hydrogens is 156 g/mol. The molecule has 0 amide bonds. The van der Waals surface area contributed by atoms with Crippen LogP contribution in [-0.2, 0) is 11.8 Å². The Morgan fingerprint density at radius 2 is 2.42 bits per heavy atom. The smallest absolute Gasteiger partial charge is 0.382 e. The lowest BCUT2D eigenvalue weighted by molar-refractivity contribution is -0.676. The number of carbonyl (C=O) groups is 1. The van der Waals surface area contributed by atoms with Crippen LogP contribution in [0, 0.1) is 6.92 Å². The van der Waals surface area contributed by atoms with Crippen LogP contribution < -0.4 is 4.57 Å². The molecule has 0 aliphatic heterocycles. The molecular formula is C8H13N2O2+. The van der Waals surface area contributed by atoms with Crippen molar-refractivity contribution >= 4 is 5.97 Å². The van der Waals surface area contributed by atoms with Crippen molar-refractivity contribution in [2.45, 2.75) is 13.8 Å². The fraction of sp³-hybridized carbons (Fsp3) is 0.500. The normalized spacial score (nSPS) is 9.92. The van der Waals surface area contributed by atoms with E-state index in [0.717, 1.165) is 5.69 Å². The van der Waals surface area contributed by atoms with Crippen molar-refractivity contribution in [3.8, 4) is 0 Å². The van der Waals surface area contributed by atoms with Gasteiger partial charge in [0.15, 0.2) is 5.69 Å². The first-order valence-electron chi connectivity index (χ1n) is 3.87.